The van der Waals surface area contributed by atoms with Gasteiger partial charge < -0.3 is 26.0 Å². The van der Waals surface area contributed by atoms with Crippen LogP contribution in [0.3, 0.4) is 0 Å². The van der Waals surface area contributed by atoms with Crippen molar-refractivity contribution >= 4 is 23.8 Å². The van der Waals surface area contributed by atoms with Gasteiger partial charge in [0.1, 0.15) is 17.7 Å². The number of nitrogens with one attached hydrogen (secondary N) is 2. The quantitative estimate of drug-likeness (QED) is 0.353. The fourth-order valence-corrected chi connectivity index (χ4v) is 3.69. The SMILES string of the molecule is CCCCNC(=O)C(c1ccc(CC)cc1)N(C(=O)C(CC(N)=O)NC(=O)OC(C)(C)C)C(C)CC. The molecule has 0 aliphatic heterocycles. The van der Waals surface area contributed by atoms with Crippen LogP contribution in [0.1, 0.15) is 91.3 Å². The minimum atomic E-state index is -1.28. The van der Waals surface area contributed by atoms with E-state index in [1.165, 1.54) is 4.90 Å². The van der Waals surface area contributed by atoms with E-state index in [0.29, 0.717) is 18.5 Å². The van der Waals surface area contributed by atoms with Crippen molar-refractivity contribution in [3.05, 3.63) is 35.4 Å². The maximum Gasteiger partial charge on any atom is 0.408 e. The second kappa shape index (κ2) is 14.5. The summed E-state index contributed by atoms with van der Waals surface area (Å²) in [7, 11) is 0. The molecule has 0 radical (unpaired) electrons. The Bertz CT molecular complexity index is 879. The van der Waals surface area contributed by atoms with Crippen molar-refractivity contribution < 1.29 is 23.9 Å². The third-order valence-electron chi connectivity index (χ3n) is 5.77. The lowest BCUT2D eigenvalue weighted by Gasteiger charge is -2.38. The number of carbonyl (C=O) groups excluding carboxylic acids is 4. The van der Waals surface area contributed by atoms with Gasteiger partial charge in [0.15, 0.2) is 0 Å². The first kappa shape index (κ1) is 30.9. The van der Waals surface area contributed by atoms with E-state index >= 15 is 0 Å². The largest absolute Gasteiger partial charge is 0.444 e. The van der Waals surface area contributed by atoms with E-state index in [2.05, 4.69) is 10.6 Å². The van der Waals surface area contributed by atoms with Gasteiger partial charge in [-0.2, -0.15) is 0 Å². The van der Waals surface area contributed by atoms with Crippen LogP contribution in [0.5, 0.6) is 0 Å². The summed E-state index contributed by atoms with van der Waals surface area (Å²) in [6.07, 6.45) is 1.82. The highest BCUT2D eigenvalue weighted by atomic mass is 16.6. The lowest BCUT2D eigenvalue weighted by molar-refractivity contribution is -0.145. The first-order chi connectivity index (χ1) is 16.8. The number of hydrogen-bond acceptors (Lipinski definition) is 5. The zero-order valence-electron chi connectivity index (χ0n) is 22.8. The number of primary amides is 1. The second-order valence-electron chi connectivity index (χ2n) is 10.0. The molecule has 0 aromatic heterocycles. The van der Waals surface area contributed by atoms with Gasteiger partial charge in [-0.15, -0.1) is 0 Å². The zero-order chi connectivity index (χ0) is 27.5. The molecule has 1 rings (SSSR count). The highest BCUT2D eigenvalue weighted by Crippen LogP contribution is 2.27. The number of unbranched alkanes of at least 4 members (excludes halogenated alkanes) is 1. The number of aryl methyl sites for hydroxylation is 1. The highest BCUT2D eigenvalue weighted by Gasteiger charge is 2.39. The lowest BCUT2D eigenvalue weighted by atomic mass is 9.98. The molecule has 202 valence electrons. The number of carbonyl (C=O) groups is 4. The fourth-order valence-electron chi connectivity index (χ4n) is 3.69. The van der Waals surface area contributed by atoms with Crippen LogP contribution in [0.25, 0.3) is 0 Å². The van der Waals surface area contributed by atoms with E-state index in [0.717, 1.165) is 24.8 Å². The third-order valence-corrected chi connectivity index (χ3v) is 5.77. The van der Waals surface area contributed by atoms with Crippen molar-refractivity contribution in [2.45, 2.75) is 104 Å². The zero-order valence-corrected chi connectivity index (χ0v) is 22.8. The van der Waals surface area contributed by atoms with Crippen molar-refractivity contribution in [1.29, 1.82) is 0 Å². The van der Waals surface area contributed by atoms with Crippen LogP contribution in [-0.4, -0.2) is 52.9 Å². The molecule has 4 amide bonds. The van der Waals surface area contributed by atoms with Crippen molar-refractivity contribution in [2.24, 2.45) is 5.73 Å². The summed E-state index contributed by atoms with van der Waals surface area (Å²) < 4.78 is 5.30. The highest BCUT2D eigenvalue weighted by molar-refractivity contribution is 5.94. The van der Waals surface area contributed by atoms with Crippen molar-refractivity contribution in [2.75, 3.05) is 6.54 Å². The molecule has 0 saturated carbocycles. The average Bonchev–Trinajstić information content (AvgIpc) is 2.79. The minimum absolute atomic E-state index is 0.323. The molecule has 0 fully saturated rings. The maximum absolute atomic E-state index is 13.9. The number of hydrogen-bond donors (Lipinski definition) is 3. The van der Waals surface area contributed by atoms with E-state index < -0.39 is 42.0 Å². The Kier molecular flexibility index (Phi) is 12.4. The summed E-state index contributed by atoms with van der Waals surface area (Å²) in [5, 5.41) is 5.44. The van der Waals surface area contributed by atoms with Crippen molar-refractivity contribution in [3.63, 3.8) is 0 Å². The van der Waals surface area contributed by atoms with Gasteiger partial charge in [0.2, 0.25) is 17.7 Å². The smallest absolute Gasteiger partial charge is 0.408 e. The minimum Gasteiger partial charge on any atom is -0.444 e. The Morgan fingerprint density at radius 2 is 1.67 bits per heavy atom. The summed E-state index contributed by atoms with van der Waals surface area (Å²) in [6, 6.07) is 4.94. The molecule has 9 nitrogen and oxygen atoms in total. The molecule has 3 atom stereocenters. The Balaban J connectivity index is 3.49. The first-order valence-corrected chi connectivity index (χ1v) is 12.8. The number of nitrogens with two attached hydrogens (primary N) is 1. The summed E-state index contributed by atoms with van der Waals surface area (Å²) in [5.41, 5.74) is 6.36. The van der Waals surface area contributed by atoms with Crippen LogP contribution in [0.4, 0.5) is 4.79 Å². The molecule has 0 aliphatic carbocycles. The molecule has 1 aromatic rings. The van der Waals surface area contributed by atoms with Gasteiger partial charge >= 0.3 is 6.09 Å². The second-order valence-corrected chi connectivity index (χ2v) is 10.0. The molecule has 1 aromatic carbocycles. The Hall–Kier alpha value is -3.10. The van der Waals surface area contributed by atoms with Crippen LogP contribution in [0, 0.1) is 0 Å². The predicted molar refractivity (Wildman–Crippen MR) is 140 cm³/mol. The molecule has 3 unspecified atom stereocenters. The monoisotopic (exact) mass is 504 g/mol. The number of rotatable bonds is 13. The van der Waals surface area contributed by atoms with Crippen molar-refractivity contribution in [3.8, 4) is 0 Å². The number of amides is 4. The molecule has 0 bridgehead atoms. The fraction of sp³-hybridized carbons (Fsp3) is 0.630. The molecule has 0 saturated heterocycles. The van der Waals surface area contributed by atoms with Crippen LogP contribution < -0.4 is 16.4 Å². The van der Waals surface area contributed by atoms with Crippen LogP contribution in [-0.2, 0) is 25.5 Å². The van der Waals surface area contributed by atoms with Crippen molar-refractivity contribution in [1.82, 2.24) is 15.5 Å². The van der Waals surface area contributed by atoms with E-state index in [9.17, 15) is 19.2 Å². The number of benzene rings is 1. The molecule has 4 N–H and O–H groups in total. The average molecular weight is 505 g/mol. The maximum atomic E-state index is 13.9. The Labute approximate surface area is 215 Å². The summed E-state index contributed by atoms with van der Waals surface area (Å²) in [6.45, 7) is 13.4. The number of ether oxygens (including phenoxy) is 1. The standard InChI is InChI=1S/C27H44N4O5/c1-8-11-16-29-24(33)23(20-14-12-19(10-3)13-15-20)31(18(4)9-2)25(34)21(17-22(28)32)30-26(35)36-27(5,6)7/h12-15,18,21,23H,8-11,16-17H2,1-7H3,(H2,28,32)(H,29,33)(H,30,35). The number of alkyl carbamates (subject to hydrolysis) is 1. The van der Waals surface area contributed by atoms with Crippen LogP contribution in [0.15, 0.2) is 24.3 Å². The molecule has 0 spiro atoms. The van der Waals surface area contributed by atoms with Crippen LogP contribution >= 0.6 is 0 Å². The van der Waals surface area contributed by atoms with E-state index in [-0.39, 0.29) is 11.9 Å². The van der Waals surface area contributed by atoms with Gasteiger partial charge in [0, 0.05) is 12.6 Å². The molecular weight excluding hydrogens is 460 g/mol. The third kappa shape index (κ3) is 9.87. The molecule has 9 heteroatoms. The normalized spacial score (nSPS) is 13.8. The summed E-state index contributed by atoms with van der Waals surface area (Å²) in [5.74, 6) is -1.66. The number of nitrogens with zero attached hydrogens (tertiary/aromatic N) is 1. The molecule has 0 aliphatic rings. The van der Waals surface area contributed by atoms with Gasteiger partial charge in [0.25, 0.3) is 0 Å². The molecule has 36 heavy (non-hydrogen) atoms. The molecule has 0 heterocycles. The first-order valence-electron chi connectivity index (χ1n) is 12.8. The summed E-state index contributed by atoms with van der Waals surface area (Å²) >= 11 is 0. The van der Waals surface area contributed by atoms with E-state index in [1.54, 1.807) is 20.8 Å². The van der Waals surface area contributed by atoms with Gasteiger partial charge in [-0.05, 0) is 58.1 Å². The van der Waals surface area contributed by atoms with Crippen LogP contribution in [0.2, 0.25) is 0 Å². The predicted octanol–water partition coefficient (Wildman–Crippen LogP) is 3.60. The van der Waals surface area contributed by atoms with Gasteiger partial charge in [-0.3, -0.25) is 14.4 Å². The Morgan fingerprint density at radius 3 is 2.14 bits per heavy atom. The molecular formula is C27H44N4O5. The van der Waals surface area contributed by atoms with E-state index in [4.69, 9.17) is 10.5 Å². The lowest BCUT2D eigenvalue weighted by Crippen LogP contribution is -2.56. The van der Waals surface area contributed by atoms with Gasteiger partial charge in [-0.25, -0.2) is 4.79 Å². The summed E-state index contributed by atoms with van der Waals surface area (Å²) in [4.78, 5) is 53.2. The van der Waals surface area contributed by atoms with Gasteiger partial charge in [0.05, 0.1) is 6.42 Å². The Morgan fingerprint density at radius 1 is 1.06 bits per heavy atom. The topological polar surface area (TPSA) is 131 Å². The van der Waals surface area contributed by atoms with E-state index in [1.807, 2.05) is 52.0 Å². The van der Waals surface area contributed by atoms with Gasteiger partial charge in [-0.1, -0.05) is 51.5 Å².